The molecule has 0 unspecified atom stereocenters. The predicted molar refractivity (Wildman–Crippen MR) is 263 cm³/mol. The Bertz CT molecular complexity index is 2220. The summed E-state index contributed by atoms with van der Waals surface area (Å²) in [6, 6.07) is 34.9. The molecule has 6 rings (SSSR count). The van der Waals surface area contributed by atoms with Crippen LogP contribution in [-0.2, 0) is 41.4 Å². The van der Waals surface area contributed by atoms with Gasteiger partial charge in [-0.3, -0.25) is 24.0 Å². The number of carbonyl (C=O) groups is 5. The van der Waals surface area contributed by atoms with Crippen LogP contribution >= 0.6 is 13.5 Å². The van der Waals surface area contributed by atoms with Crippen molar-refractivity contribution in [2.45, 2.75) is 128 Å². The van der Waals surface area contributed by atoms with Crippen molar-refractivity contribution in [3.8, 4) is 5.75 Å². The average Bonchev–Trinajstić information content (AvgIpc) is 3.80. The summed E-state index contributed by atoms with van der Waals surface area (Å²) in [7, 11) is -2.96. The highest BCUT2D eigenvalue weighted by Crippen LogP contribution is 2.37. The molecule has 2 aliphatic heterocycles. The Morgan fingerprint density at radius 3 is 2.02 bits per heavy atom. The molecule has 2 heterocycles. The van der Waals surface area contributed by atoms with Gasteiger partial charge in [-0.25, -0.2) is 0 Å². The molecule has 5 atom stereocenters. The van der Waals surface area contributed by atoms with Crippen molar-refractivity contribution in [1.82, 2.24) is 20.9 Å². The highest BCUT2D eigenvalue weighted by atomic mass is 32.1. The first kappa shape index (κ1) is 50.5. The second-order valence-corrected chi connectivity index (χ2v) is 22.5. The van der Waals surface area contributed by atoms with E-state index in [4.69, 9.17) is 9.16 Å². The maximum atomic E-state index is 14.3. The second-order valence-electron chi connectivity index (χ2n) is 18.2. The van der Waals surface area contributed by atoms with Crippen molar-refractivity contribution in [2.75, 3.05) is 6.54 Å². The van der Waals surface area contributed by atoms with Gasteiger partial charge in [-0.05, 0) is 97.1 Å². The van der Waals surface area contributed by atoms with Crippen molar-refractivity contribution in [2.24, 2.45) is 0 Å². The first-order valence-electron chi connectivity index (χ1n) is 22.6. The van der Waals surface area contributed by atoms with Crippen LogP contribution in [0.3, 0.4) is 0 Å². The number of rotatable bonds is 16. The minimum absolute atomic E-state index is 0. The van der Waals surface area contributed by atoms with Crippen molar-refractivity contribution >= 4 is 61.6 Å². The third kappa shape index (κ3) is 12.2. The van der Waals surface area contributed by atoms with Crippen LogP contribution in [-0.4, -0.2) is 78.9 Å². The van der Waals surface area contributed by atoms with Gasteiger partial charge in [0.05, 0.1) is 0 Å². The summed E-state index contributed by atoms with van der Waals surface area (Å²) < 4.78 is 12.9. The number of fused-ring (bicyclic) bond motifs is 1. The molecule has 65 heavy (non-hydrogen) atoms. The molecule has 4 amide bonds. The number of amides is 4. The highest BCUT2D eigenvalue weighted by molar-refractivity contribution is 7.59. The SMILES string of the molecule is CC[C@]1(C)NC(=O)[C@H](CCC/C=C/C(=O)[C@H](C)O[Si](c2ccccc2)(c2ccccc2)C(C)(C)C)NC(=O)[C@H]2CCCN2C(=O)[C@H](Cc2ccc(OCc3ccccc3)cc2)NC1=O.S. The van der Waals surface area contributed by atoms with E-state index in [-0.39, 0.29) is 49.5 Å². The number of carbonyl (C=O) groups excluding carboxylic acids is 5. The quantitative estimate of drug-likeness (QED) is 0.0668. The maximum Gasteiger partial charge on any atom is 0.262 e. The Morgan fingerprint density at radius 1 is 0.831 bits per heavy atom. The summed E-state index contributed by atoms with van der Waals surface area (Å²) in [6.45, 7) is 12.5. The van der Waals surface area contributed by atoms with E-state index in [1.807, 2.05) is 91.0 Å². The van der Waals surface area contributed by atoms with Gasteiger partial charge in [0.1, 0.15) is 42.1 Å². The van der Waals surface area contributed by atoms with Gasteiger partial charge in [0, 0.05) is 13.0 Å². The molecule has 346 valence electrons. The van der Waals surface area contributed by atoms with Gasteiger partial charge < -0.3 is 30.0 Å². The molecule has 0 aromatic heterocycles. The molecular weight excluding hydrogens is 853 g/mol. The molecule has 3 N–H and O–H groups in total. The molecule has 13 heteroatoms. The van der Waals surface area contributed by atoms with Crippen LogP contribution in [0.5, 0.6) is 5.75 Å². The second kappa shape index (κ2) is 22.6. The largest absolute Gasteiger partial charge is 0.489 e. The van der Waals surface area contributed by atoms with Crippen molar-refractivity contribution in [3.63, 3.8) is 0 Å². The fourth-order valence-corrected chi connectivity index (χ4v) is 13.4. The van der Waals surface area contributed by atoms with Gasteiger partial charge >= 0.3 is 0 Å². The van der Waals surface area contributed by atoms with Crippen molar-refractivity contribution < 1.29 is 33.1 Å². The summed E-state index contributed by atoms with van der Waals surface area (Å²) in [5, 5.41) is 10.7. The van der Waals surface area contributed by atoms with E-state index in [1.165, 1.54) is 0 Å². The number of ether oxygens (including phenoxy) is 1. The third-order valence-electron chi connectivity index (χ3n) is 12.6. The molecule has 2 fully saturated rings. The lowest BCUT2D eigenvalue weighted by Crippen LogP contribution is -2.68. The van der Waals surface area contributed by atoms with E-state index < -0.39 is 55.8 Å². The Morgan fingerprint density at radius 2 is 1.43 bits per heavy atom. The van der Waals surface area contributed by atoms with Gasteiger partial charge in [-0.1, -0.05) is 137 Å². The maximum absolute atomic E-state index is 14.3. The van der Waals surface area contributed by atoms with Crippen LogP contribution in [0.25, 0.3) is 0 Å². The molecule has 0 aliphatic carbocycles. The smallest absolute Gasteiger partial charge is 0.262 e. The van der Waals surface area contributed by atoms with Crippen LogP contribution < -0.4 is 31.1 Å². The van der Waals surface area contributed by atoms with Crippen LogP contribution in [0.4, 0.5) is 0 Å². The normalized spacial score (nSPS) is 21.2. The average molecular weight is 919 g/mol. The Hall–Kier alpha value is -5.50. The van der Waals surface area contributed by atoms with Gasteiger partial charge in [-0.2, -0.15) is 13.5 Å². The number of allylic oxidation sites excluding steroid dienone is 1. The lowest BCUT2D eigenvalue weighted by molar-refractivity contribution is -0.144. The Balaban J connectivity index is 0.00000793. The van der Waals surface area contributed by atoms with Crippen LogP contribution in [0.2, 0.25) is 5.04 Å². The van der Waals surface area contributed by atoms with Gasteiger partial charge in [0.25, 0.3) is 8.32 Å². The van der Waals surface area contributed by atoms with Gasteiger partial charge in [-0.15, -0.1) is 0 Å². The molecule has 0 bridgehead atoms. The monoisotopic (exact) mass is 918 g/mol. The third-order valence-corrected chi connectivity index (χ3v) is 17.7. The molecule has 0 radical (unpaired) electrons. The molecule has 4 aromatic carbocycles. The topological polar surface area (TPSA) is 143 Å². The molecule has 0 spiro atoms. The van der Waals surface area contributed by atoms with E-state index >= 15 is 0 Å². The van der Waals surface area contributed by atoms with E-state index in [1.54, 1.807) is 37.8 Å². The Labute approximate surface area is 392 Å². The van der Waals surface area contributed by atoms with E-state index in [0.717, 1.165) is 21.5 Å². The lowest BCUT2D eigenvalue weighted by Gasteiger charge is -2.44. The minimum atomic E-state index is -2.96. The zero-order valence-electron chi connectivity index (χ0n) is 38.6. The fourth-order valence-electron chi connectivity index (χ4n) is 8.71. The van der Waals surface area contributed by atoms with E-state index in [0.29, 0.717) is 44.6 Å². The van der Waals surface area contributed by atoms with E-state index in [2.05, 4.69) is 61.0 Å². The number of ketones is 1. The number of unbranched alkanes of at least 4 members (excludes halogenated alkanes) is 1. The number of nitrogens with zero attached hydrogens (tertiary/aromatic N) is 1. The van der Waals surface area contributed by atoms with Gasteiger partial charge in [0.15, 0.2) is 5.78 Å². The Kier molecular flexibility index (Phi) is 17.6. The zero-order valence-corrected chi connectivity index (χ0v) is 40.6. The molecule has 0 saturated carbocycles. The first-order chi connectivity index (χ1) is 30.6. The minimum Gasteiger partial charge on any atom is -0.489 e. The molecular formula is C52H66N4O7SSi. The van der Waals surface area contributed by atoms with E-state index in [9.17, 15) is 24.0 Å². The van der Waals surface area contributed by atoms with Crippen LogP contribution in [0, 0.1) is 0 Å². The molecule has 2 aliphatic rings. The molecule has 2 saturated heterocycles. The number of nitrogens with one attached hydrogen (secondary N) is 3. The first-order valence-corrected chi connectivity index (χ1v) is 24.5. The lowest BCUT2D eigenvalue weighted by atomic mass is 9.94. The van der Waals surface area contributed by atoms with Crippen molar-refractivity contribution in [3.05, 3.63) is 139 Å². The molecule has 4 aromatic rings. The van der Waals surface area contributed by atoms with Crippen molar-refractivity contribution in [1.29, 1.82) is 0 Å². The summed E-state index contributed by atoms with van der Waals surface area (Å²) in [4.78, 5) is 71.6. The fraction of sp³-hybridized carbons (Fsp3) is 0.404. The van der Waals surface area contributed by atoms with Gasteiger partial charge in [0.2, 0.25) is 23.6 Å². The summed E-state index contributed by atoms with van der Waals surface area (Å²) >= 11 is 0. The predicted octanol–water partition coefficient (Wildman–Crippen LogP) is 6.44. The number of hydrogen-bond donors (Lipinski definition) is 3. The highest BCUT2D eigenvalue weighted by Gasteiger charge is 2.51. The number of benzene rings is 4. The summed E-state index contributed by atoms with van der Waals surface area (Å²) in [6.07, 6.45) is 5.26. The van der Waals surface area contributed by atoms with Crippen LogP contribution in [0.1, 0.15) is 91.2 Å². The number of hydrogen-bond acceptors (Lipinski definition) is 7. The summed E-state index contributed by atoms with van der Waals surface area (Å²) in [5.74, 6) is -1.22. The molecule has 11 nitrogen and oxygen atoms in total. The standard InChI is InChI=1S/C52H64N4O7Si.H2S/c1-7-52(6)50(61)54-44(35-38-30-32-40(33-31-38)62-36-39-21-12-8-13-22-39)49(60)56-34-20-28-45(56)48(59)53-43(47(58)55-52)27-18-11-19-29-46(57)37(2)63-64(51(3,4)5,41-23-14-9-15-24-41)42-25-16-10-17-26-42;/h8-10,12-17,19,21-26,29-33,37,43-45H,7,11,18,20,27-28,34-36H2,1-6H3,(H,53,59)(H,54,61)(H,55,58);1H2/b29-19+;/t37-,43-,44-,45+,52-;/m0./s1. The van der Waals surface area contributed by atoms with Crippen LogP contribution in [0.15, 0.2) is 127 Å². The summed E-state index contributed by atoms with van der Waals surface area (Å²) in [5.41, 5.74) is 0.474. The zero-order chi connectivity index (χ0) is 45.9.